The highest BCUT2D eigenvalue weighted by Crippen LogP contribution is 2.30. The van der Waals surface area contributed by atoms with Crippen LogP contribution in [-0.4, -0.2) is 55.1 Å². The van der Waals surface area contributed by atoms with Gasteiger partial charge in [0.2, 0.25) is 0 Å². The molecular formula is C22H35NO3. The van der Waals surface area contributed by atoms with Gasteiger partial charge in [0.05, 0.1) is 6.61 Å². The van der Waals surface area contributed by atoms with Crippen LogP contribution in [0, 0.1) is 12.8 Å². The molecule has 26 heavy (non-hydrogen) atoms. The highest BCUT2D eigenvalue weighted by Gasteiger charge is 2.32. The fourth-order valence-electron chi connectivity index (χ4n) is 3.66. The number of hydrogen-bond donors (Lipinski definition) is 1. The molecule has 1 aromatic rings. The second kappa shape index (κ2) is 8.28. The Hall–Kier alpha value is -1.10. The zero-order valence-corrected chi connectivity index (χ0v) is 16.8. The van der Waals surface area contributed by atoms with Crippen molar-refractivity contribution in [1.82, 2.24) is 4.90 Å². The summed E-state index contributed by atoms with van der Waals surface area (Å²) in [4.78, 5) is 2.45. The number of hydrogen-bond acceptors (Lipinski definition) is 4. The van der Waals surface area contributed by atoms with Crippen LogP contribution in [0.2, 0.25) is 0 Å². The minimum absolute atomic E-state index is 0.136. The highest BCUT2D eigenvalue weighted by atomic mass is 16.5. The quantitative estimate of drug-likeness (QED) is 0.769. The summed E-state index contributed by atoms with van der Waals surface area (Å²) in [7, 11) is 0. The first-order valence-corrected chi connectivity index (χ1v) is 10.1. The van der Waals surface area contributed by atoms with Crippen LogP contribution in [0.25, 0.3) is 0 Å². The van der Waals surface area contributed by atoms with E-state index in [2.05, 4.69) is 44.7 Å². The molecular weight excluding hydrogens is 326 g/mol. The van der Waals surface area contributed by atoms with Gasteiger partial charge in [-0.3, -0.25) is 4.90 Å². The standard InChI is InChI=1S/C22H35NO3/c1-16-11-18(22(2,3)4)5-8-21(16)26-15-20(24)13-23(19-6-7-19)12-17-9-10-25-14-17/h5,8,11,17,19-20,24H,6-7,9-10,12-15H2,1-4H3. The summed E-state index contributed by atoms with van der Waals surface area (Å²) in [5.41, 5.74) is 2.57. The largest absolute Gasteiger partial charge is 0.491 e. The van der Waals surface area contributed by atoms with Crippen LogP contribution in [0.15, 0.2) is 18.2 Å². The van der Waals surface area contributed by atoms with Crippen molar-refractivity contribution in [2.24, 2.45) is 5.92 Å². The molecule has 2 aliphatic rings. The Morgan fingerprint density at radius 1 is 1.27 bits per heavy atom. The van der Waals surface area contributed by atoms with E-state index < -0.39 is 6.10 Å². The van der Waals surface area contributed by atoms with E-state index in [1.54, 1.807) is 0 Å². The van der Waals surface area contributed by atoms with Crippen LogP contribution in [0.5, 0.6) is 5.75 Å². The lowest BCUT2D eigenvalue weighted by atomic mass is 9.86. The number of aliphatic hydroxyl groups excluding tert-OH is 1. The van der Waals surface area contributed by atoms with E-state index >= 15 is 0 Å². The van der Waals surface area contributed by atoms with Crippen molar-refractivity contribution in [2.45, 2.75) is 64.5 Å². The molecule has 0 radical (unpaired) electrons. The Morgan fingerprint density at radius 2 is 2.04 bits per heavy atom. The Labute approximate surface area is 158 Å². The first-order valence-electron chi connectivity index (χ1n) is 10.1. The molecule has 4 nitrogen and oxygen atoms in total. The predicted octanol–water partition coefficient (Wildman–Crippen LogP) is 3.53. The molecule has 146 valence electrons. The smallest absolute Gasteiger partial charge is 0.122 e. The van der Waals surface area contributed by atoms with E-state index in [4.69, 9.17) is 9.47 Å². The van der Waals surface area contributed by atoms with Gasteiger partial charge in [0.15, 0.2) is 0 Å². The number of aliphatic hydroxyl groups is 1. The minimum atomic E-state index is -0.459. The summed E-state index contributed by atoms with van der Waals surface area (Å²) >= 11 is 0. The Morgan fingerprint density at radius 3 is 2.62 bits per heavy atom. The number of aryl methyl sites for hydroxylation is 1. The van der Waals surface area contributed by atoms with E-state index in [0.29, 0.717) is 25.1 Å². The zero-order valence-electron chi connectivity index (χ0n) is 16.8. The highest BCUT2D eigenvalue weighted by molar-refractivity contribution is 5.38. The van der Waals surface area contributed by atoms with Gasteiger partial charge in [0.25, 0.3) is 0 Å². The maximum Gasteiger partial charge on any atom is 0.122 e. The van der Waals surface area contributed by atoms with Gasteiger partial charge >= 0.3 is 0 Å². The molecule has 0 bridgehead atoms. The average Bonchev–Trinajstić information content (AvgIpc) is 3.30. The van der Waals surface area contributed by atoms with Crippen molar-refractivity contribution >= 4 is 0 Å². The van der Waals surface area contributed by atoms with Crippen LogP contribution < -0.4 is 4.74 Å². The normalized spacial score (nSPS) is 22.0. The fraction of sp³-hybridized carbons (Fsp3) is 0.727. The maximum absolute atomic E-state index is 10.5. The predicted molar refractivity (Wildman–Crippen MR) is 105 cm³/mol. The van der Waals surface area contributed by atoms with Crippen LogP contribution in [-0.2, 0) is 10.2 Å². The molecule has 1 aliphatic carbocycles. The van der Waals surface area contributed by atoms with E-state index in [1.165, 1.54) is 18.4 Å². The third kappa shape index (κ3) is 5.45. The second-order valence-corrected chi connectivity index (χ2v) is 9.11. The Kier molecular flexibility index (Phi) is 6.26. The molecule has 3 rings (SSSR count). The molecule has 1 saturated carbocycles. The molecule has 1 aliphatic heterocycles. The molecule has 1 N–H and O–H groups in total. The lowest BCUT2D eigenvalue weighted by molar-refractivity contribution is 0.0579. The molecule has 2 unspecified atom stereocenters. The van der Waals surface area contributed by atoms with Gasteiger partial charge in [-0.2, -0.15) is 0 Å². The van der Waals surface area contributed by atoms with E-state index in [0.717, 1.165) is 37.5 Å². The summed E-state index contributed by atoms with van der Waals surface area (Å²) in [6.45, 7) is 12.6. The first-order chi connectivity index (χ1) is 12.3. The van der Waals surface area contributed by atoms with E-state index in [-0.39, 0.29) is 5.41 Å². The van der Waals surface area contributed by atoms with Crippen molar-refractivity contribution in [2.75, 3.05) is 32.9 Å². The van der Waals surface area contributed by atoms with Gasteiger partial charge in [-0.25, -0.2) is 0 Å². The van der Waals surface area contributed by atoms with E-state index in [1.807, 2.05) is 6.07 Å². The topological polar surface area (TPSA) is 41.9 Å². The van der Waals surface area contributed by atoms with Gasteiger partial charge in [-0.05, 0) is 54.7 Å². The van der Waals surface area contributed by atoms with Crippen LogP contribution >= 0.6 is 0 Å². The van der Waals surface area contributed by atoms with Gasteiger partial charge in [0, 0.05) is 25.7 Å². The first kappa shape index (κ1) is 19.7. The van der Waals surface area contributed by atoms with Gasteiger partial charge in [-0.1, -0.05) is 32.9 Å². The lowest BCUT2D eigenvalue weighted by Gasteiger charge is -2.27. The van der Waals surface area contributed by atoms with E-state index in [9.17, 15) is 5.11 Å². The molecule has 0 spiro atoms. The number of nitrogens with zero attached hydrogens (tertiary/aromatic N) is 1. The fourth-order valence-corrected chi connectivity index (χ4v) is 3.66. The molecule has 4 heteroatoms. The lowest BCUT2D eigenvalue weighted by Crippen LogP contribution is -2.40. The van der Waals surface area contributed by atoms with Gasteiger partial charge in [0.1, 0.15) is 18.5 Å². The van der Waals surface area contributed by atoms with Crippen molar-refractivity contribution in [3.63, 3.8) is 0 Å². The van der Waals surface area contributed by atoms with Crippen molar-refractivity contribution in [3.05, 3.63) is 29.3 Å². The zero-order chi connectivity index (χ0) is 18.7. The summed E-state index contributed by atoms with van der Waals surface area (Å²) in [5.74, 6) is 1.50. The Bertz CT molecular complexity index is 586. The molecule has 1 heterocycles. The average molecular weight is 362 g/mol. The number of rotatable bonds is 8. The summed E-state index contributed by atoms with van der Waals surface area (Å²) in [5, 5.41) is 10.5. The van der Waals surface area contributed by atoms with Crippen molar-refractivity contribution in [3.8, 4) is 5.75 Å². The third-order valence-corrected chi connectivity index (χ3v) is 5.50. The molecule has 0 aromatic heterocycles. The second-order valence-electron chi connectivity index (χ2n) is 9.11. The molecule has 1 saturated heterocycles. The van der Waals surface area contributed by atoms with Gasteiger partial charge < -0.3 is 14.6 Å². The molecule has 2 fully saturated rings. The molecule has 2 atom stereocenters. The number of ether oxygens (including phenoxy) is 2. The minimum Gasteiger partial charge on any atom is -0.491 e. The Balaban J connectivity index is 1.50. The number of benzene rings is 1. The van der Waals surface area contributed by atoms with Crippen molar-refractivity contribution in [1.29, 1.82) is 0 Å². The summed E-state index contributed by atoms with van der Waals surface area (Å²) < 4.78 is 11.4. The van der Waals surface area contributed by atoms with Gasteiger partial charge in [-0.15, -0.1) is 0 Å². The maximum atomic E-state index is 10.5. The summed E-state index contributed by atoms with van der Waals surface area (Å²) in [6.07, 6.45) is 3.21. The van der Waals surface area contributed by atoms with Crippen LogP contribution in [0.4, 0.5) is 0 Å². The molecule has 0 amide bonds. The summed E-state index contributed by atoms with van der Waals surface area (Å²) in [6, 6.07) is 7.01. The monoisotopic (exact) mass is 361 g/mol. The third-order valence-electron chi connectivity index (χ3n) is 5.50. The van der Waals surface area contributed by atoms with Crippen LogP contribution in [0.1, 0.15) is 51.2 Å². The van der Waals surface area contributed by atoms with Crippen LogP contribution in [0.3, 0.4) is 0 Å². The molecule has 1 aromatic carbocycles. The van der Waals surface area contributed by atoms with Crippen molar-refractivity contribution < 1.29 is 14.6 Å². The SMILES string of the molecule is Cc1cc(C(C)(C)C)ccc1OCC(O)CN(CC1CCOC1)C1CC1.